The molecular weight excluding hydrogens is 248 g/mol. The van der Waals surface area contributed by atoms with Crippen molar-refractivity contribution < 1.29 is 0 Å². The average Bonchev–Trinajstić information content (AvgIpc) is 2.97. The quantitative estimate of drug-likeness (QED) is 0.916. The van der Waals surface area contributed by atoms with Crippen molar-refractivity contribution in [1.82, 2.24) is 19.7 Å². The molecule has 0 amide bonds. The van der Waals surface area contributed by atoms with Crippen LogP contribution in [0.3, 0.4) is 0 Å². The van der Waals surface area contributed by atoms with Crippen molar-refractivity contribution in [2.24, 2.45) is 0 Å². The van der Waals surface area contributed by atoms with Crippen molar-refractivity contribution in [2.45, 2.75) is 31.4 Å². The highest BCUT2D eigenvalue weighted by atomic mass is 32.2. The predicted octanol–water partition coefficient (Wildman–Crippen LogP) is 1.79. The molecule has 1 N–H and O–H groups in total. The van der Waals surface area contributed by atoms with Crippen LogP contribution in [0.5, 0.6) is 0 Å². The summed E-state index contributed by atoms with van der Waals surface area (Å²) in [6, 6.07) is 1.89. The molecule has 0 saturated carbocycles. The van der Waals surface area contributed by atoms with E-state index in [1.807, 2.05) is 10.7 Å². The number of H-pyrrole nitrogens is 1. The third-order valence-corrected chi connectivity index (χ3v) is 3.95. The Kier molecular flexibility index (Phi) is 2.95. The molecule has 18 heavy (non-hydrogen) atoms. The maximum atomic E-state index is 12.0. The molecule has 2 aromatic heterocycles. The van der Waals surface area contributed by atoms with Crippen molar-refractivity contribution in [3.8, 4) is 11.5 Å². The van der Waals surface area contributed by atoms with E-state index in [9.17, 15) is 4.79 Å². The molecule has 3 rings (SSSR count). The van der Waals surface area contributed by atoms with Gasteiger partial charge in [0.1, 0.15) is 5.69 Å². The van der Waals surface area contributed by atoms with Crippen molar-refractivity contribution in [3.05, 3.63) is 33.9 Å². The normalized spacial score (nSPS) is 13.8. The number of nitrogens with zero attached hydrogens (tertiary/aromatic N) is 3. The molecule has 2 aromatic rings. The molecule has 94 valence electrons. The largest absolute Gasteiger partial charge is 0.305 e. The highest BCUT2D eigenvalue weighted by Crippen LogP contribution is 2.26. The highest BCUT2D eigenvalue weighted by Gasteiger charge is 2.19. The van der Waals surface area contributed by atoms with Crippen LogP contribution in [-0.4, -0.2) is 19.7 Å². The fraction of sp³-hybridized carbons (Fsp3) is 0.417. The molecule has 0 aromatic carbocycles. The molecule has 5 nitrogen and oxygen atoms in total. The molecule has 0 bridgehead atoms. The van der Waals surface area contributed by atoms with Gasteiger partial charge in [0, 0.05) is 29.8 Å². The van der Waals surface area contributed by atoms with Gasteiger partial charge in [0.2, 0.25) is 0 Å². The lowest BCUT2D eigenvalue weighted by Crippen LogP contribution is -2.16. The fourth-order valence-electron chi connectivity index (χ4n) is 2.11. The van der Waals surface area contributed by atoms with Crippen LogP contribution in [0.1, 0.15) is 24.6 Å². The Labute approximate surface area is 109 Å². The van der Waals surface area contributed by atoms with Crippen LogP contribution in [0.2, 0.25) is 0 Å². The first-order valence-corrected chi connectivity index (χ1v) is 7.17. The Morgan fingerprint density at radius 3 is 3.22 bits per heavy atom. The maximum absolute atomic E-state index is 12.0. The van der Waals surface area contributed by atoms with Crippen molar-refractivity contribution in [1.29, 1.82) is 0 Å². The van der Waals surface area contributed by atoms with E-state index in [1.165, 1.54) is 0 Å². The van der Waals surface area contributed by atoms with Gasteiger partial charge in [-0.15, -0.1) is 0 Å². The number of aromatic nitrogens is 4. The van der Waals surface area contributed by atoms with Crippen LogP contribution >= 0.6 is 11.8 Å². The van der Waals surface area contributed by atoms with E-state index in [1.54, 1.807) is 18.0 Å². The van der Waals surface area contributed by atoms with Gasteiger partial charge >= 0.3 is 0 Å². The van der Waals surface area contributed by atoms with Crippen LogP contribution in [0.15, 0.2) is 17.1 Å². The molecule has 1 aliphatic rings. The summed E-state index contributed by atoms with van der Waals surface area (Å²) in [6.07, 6.45) is 2.74. The van der Waals surface area contributed by atoms with Crippen molar-refractivity contribution >= 4 is 11.8 Å². The van der Waals surface area contributed by atoms with Gasteiger partial charge in [-0.1, -0.05) is 6.92 Å². The third kappa shape index (κ3) is 1.86. The molecule has 6 heteroatoms. The summed E-state index contributed by atoms with van der Waals surface area (Å²) in [7, 11) is 0. The highest BCUT2D eigenvalue weighted by molar-refractivity contribution is 7.98. The van der Waals surface area contributed by atoms with Gasteiger partial charge < -0.3 is 4.98 Å². The zero-order valence-electron chi connectivity index (χ0n) is 10.1. The number of fused-ring (bicyclic) bond motifs is 1. The van der Waals surface area contributed by atoms with Gasteiger partial charge in [-0.3, -0.25) is 9.48 Å². The Balaban J connectivity index is 2.09. The second-order valence-corrected chi connectivity index (χ2v) is 5.26. The Hall–Kier alpha value is -1.56. The summed E-state index contributed by atoms with van der Waals surface area (Å²) in [6.45, 7) is 2.93. The summed E-state index contributed by atoms with van der Waals surface area (Å²) >= 11 is 1.73. The number of hydrogen-bond donors (Lipinski definition) is 1. The van der Waals surface area contributed by atoms with Crippen molar-refractivity contribution in [3.63, 3.8) is 0 Å². The monoisotopic (exact) mass is 262 g/mol. The first-order valence-electron chi connectivity index (χ1n) is 6.01. The third-order valence-electron chi connectivity index (χ3n) is 2.98. The minimum absolute atomic E-state index is 0.00996. The van der Waals surface area contributed by atoms with Crippen LogP contribution in [0.25, 0.3) is 11.5 Å². The number of thioether (sulfide) groups is 1. The van der Waals surface area contributed by atoms with E-state index < -0.39 is 0 Å². The molecule has 3 heterocycles. The van der Waals surface area contributed by atoms with Crippen LogP contribution in [-0.2, 0) is 18.1 Å². The summed E-state index contributed by atoms with van der Waals surface area (Å²) in [4.78, 5) is 19.4. The molecule has 0 saturated heterocycles. The lowest BCUT2D eigenvalue weighted by Gasteiger charge is -2.06. The number of aromatic amines is 1. The van der Waals surface area contributed by atoms with E-state index in [0.717, 1.165) is 41.4 Å². The average molecular weight is 262 g/mol. The van der Waals surface area contributed by atoms with E-state index in [4.69, 9.17) is 0 Å². The lowest BCUT2D eigenvalue weighted by atomic mass is 10.2. The lowest BCUT2D eigenvalue weighted by molar-refractivity contribution is 0.606. The van der Waals surface area contributed by atoms with Gasteiger partial charge in [-0.05, 0) is 12.5 Å². The van der Waals surface area contributed by atoms with Crippen molar-refractivity contribution in [2.75, 3.05) is 0 Å². The van der Waals surface area contributed by atoms with E-state index in [2.05, 4.69) is 22.0 Å². The second-order valence-electron chi connectivity index (χ2n) is 4.27. The first-order chi connectivity index (χ1) is 8.79. The van der Waals surface area contributed by atoms with Crippen LogP contribution in [0.4, 0.5) is 0 Å². The number of hydrogen-bond acceptors (Lipinski definition) is 4. The van der Waals surface area contributed by atoms with Gasteiger partial charge in [-0.25, -0.2) is 4.98 Å². The zero-order valence-corrected chi connectivity index (χ0v) is 11.0. The van der Waals surface area contributed by atoms with E-state index in [-0.39, 0.29) is 5.56 Å². The number of nitrogens with one attached hydrogen (secondary N) is 1. The van der Waals surface area contributed by atoms with Crippen LogP contribution < -0.4 is 5.56 Å². The zero-order chi connectivity index (χ0) is 12.5. The van der Waals surface area contributed by atoms with Gasteiger partial charge in [0.05, 0.1) is 5.69 Å². The minimum atomic E-state index is -0.00996. The molecule has 0 atom stereocenters. The van der Waals surface area contributed by atoms with Gasteiger partial charge in [0.25, 0.3) is 5.56 Å². The second kappa shape index (κ2) is 4.61. The molecule has 0 aliphatic carbocycles. The summed E-state index contributed by atoms with van der Waals surface area (Å²) in [5.41, 5.74) is 2.62. The Morgan fingerprint density at radius 1 is 1.50 bits per heavy atom. The number of rotatable bonds is 3. The van der Waals surface area contributed by atoms with Gasteiger partial charge in [-0.2, -0.15) is 16.9 Å². The molecule has 1 aliphatic heterocycles. The summed E-state index contributed by atoms with van der Waals surface area (Å²) in [5.74, 6) is 2.23. The standard InChI is InChI=1S/C12H14N4OS/c1-2-5-16-10(3-4-13-16)11-14-9-7-18-6-8(9)12(17)15-11/h3-4H,2,5-7H2,1H3,(H,14,15,17). The van der Waals surface area contributed by atoms with Crippen LogP contribution in [0, 0.1) is 0 Å². The Bertz CT molecular complexity index is 631. The topological polar surface area (TPSA) is 63.6 Å². The van der Waals surface area contributed by atoms with Gasteiger partial charge in [0.15, 0.2) is 5.82 Å². The van der Waals surface area contributed by atoms with E-state index >= 15 is 0 Å². The Morgan fingerprint density at radius 2 is 2.39 bits per heavy atom. The maximum Gasteiger partial charge on any atom is 0.255 e. The molecule has 0 fully saturated rings. The predicted molar refractivity (Wildman–Crippen MR) is 71.4 cm³/mol. The molecular formula is C12H14N4OS. The molecule has 0 radical (unpaired) electrons. The fourth-order valence-corrected chi connectivity index (χ4v) is 3.14. The van der Waals surface area contributed by atoms with E-state index in [0.29, 0.717) is 5.82 Å². The SMILES string of the molecule is CCCn1nccc1-c1nc2c(c(=O)[nH]1)CSC2. The summed E-state index contributed by atoms with van der Waals surface area (Å²) < 4.78 is 1.88. The smallest absolute Gasteiger partial charge is 0.255 e. The first kappa shape index (κ1) is 11.5. The summed E-state index contributed by atoms with van der Waals surface area (Å²) in [5, 5.41) is 4.25. The number of aryl methyl sites for hydroxylation is 1. The molecule has 0 spiro atoms. The molecule has 0 unspecified atom stereocenters. The minimum Gasteiger partial charge on any atom is -0.305 e.